The monoisotopic (exact) mass is 310 g/mol. The second-order valence-electron chi connectivity index (χ2n) is 6.30. The number of hydrogen-bond donors (Lipinski definition) is 1. The molecule has 2 rings (SSSR count). The molecule has 118 valence electrons. The van der Waals surface area contributed by atoms with Gasteiger partial charge in [-0.15, -0.1) is 12.4 Å². The minimum Gasteiger partial charge on any atom is -0.342 e. The van der Waals surface area contributed by atoms with Gasteiger partial charge in [0.05, 0.1) is 0 Å². The molecule has 4 heteroatoms. The predicted octanol–water partition coefficient (Wildman–Crippen LogP) is 3.54. The molecule has 1 saturated heterocycles. The first kappa shape index (κ1) is 18.0. The zero-order chi connectivity index (χ0) is 14.6. The molecule has 0 aliphatic carbocycles. The number of halogens is 1. The van der Waals surface area contributed by atoms with Gasteiger partial charge in [0.1, 0.15) is 0 Å². The topological polar surface area (TPSA) is 46.3 Å². The Balaban J connectivity index is 0.00000220. The second kappa shape index (κ2) is 7.81. The summed E-state index contributed by atoms with van der Waals surface area (Å²) in [5.74, 6) is 0.195. The highest BCUT2D eigenvalue weighted by Crippen LogP contribution is 2.33. The van der Waals surface area contributed by atoms with E-state index >= 15 is 0 Å². The van der Waals surface area contributed by atoms with Crippen molar-refractivity contribution >= 4 is 18.3 Å². The highest BCUT2D eigenvalue weighted by atomic mass is 35.5. The van der Waals surface area contributed by atoms with Gasteiger partial charge in [-0.1, -0.05) is 44.2 Å². The maximum absolute atomic E-state index is 12.4. The van der Waals surface area contributed by atoms with Crippen LogP contribution in [-0.4, -0.2) is 23.9 Å². The summed E-state index contributed by atoms with van der Waals surface area (Å²) in [5.41, 5.74) is 7.48. The Morgan fingerprint density at radius 2 is 2.05 bits per heavy atom. The number of hydrogen-bond acceptors (Lipinski definition) is 2. The Morgan fingerprint density at radius 3 is 2.67 bits per heavy atom. The maximum Gasteiger partial charge on any atom is 0.224 e. The van der Waals surface area contributed by atoms with E-state index in [4.69, 9.17) is 5.73 Å². The molecule has 2 atom stereocenters. The van der Waals surface area contributed by atoms with Crippen LogP contribution in [0.3, 0.4) is 0 Å². The standard InChI is InChI=1S/C17H26N2O.ClH/c1-3-17(2)10-7-11-19(13-17)16(20)12-15(18)14-8-5-4-6-9-14;/h4-6,8-9,15H,3,7,10-13,18H2,1-2H3;1H. The van der Waals surface area contributed by atoms with E-state index in [0.717, 1.165) is 31.5 Å². The minimum atomic E-state index is -0.196. The summed E-state index contributed by atoms with van der Waals surface area (Å²) in [6.45, 7) is 6.26. The molecule has 1 fully saturated rings. The fourth-order valence-corrected chi connectivity index (χ4v) is 2.95. The quantitative estimate of drug-likeness (QED) is 0.924. The molecule has 3 nitrogen and oxygen atoms in total. The molecule has 1 heterocycles. The number of nitrogens with zero attached hydrogens (tertiary/aromatic N) is 1. The van der Waals surface area contributed by atoms with Crippen LogP contribution in [0.2, 0.25) is 0 Å². The first-order valence-electron chi connectivity index (χ1n) is 7.62. The molecule has 1 aliphatic heterocycles. The molecule has 1 aromatic carbocycles. The van der Waals surface area contributed by atoms with Gasteiger partial charge >= 0.3 is 0 Å². The van der Waals surface area contributed by atoms with Crippen LogP contribution in [0.5, 0.6) is 0 Å². The molecule has 0 bridgehead atoms. The molecule has 0 aromatic heterocycles. The van der Waals surface area contributed by atoms with Crippen LogP contribution in [-0.2, 0) is 4.79 Å². The zero-order valence-corrected chi connectivity index (χ0v) is 13.9. The third-order valence-corrected chi connectivity index (χ3v) is 4.61. The highest BCUT2D eigenvalue weighted by Gasteiger charge is 2.31. The van der Waals surface area contributed by atoms with Crippen LogP contribution in [0, 0.1) is 5.41 Å². The molecule has 2 unspecified atom stereocenters. The summed E-state index contributed by atoms with van der Waals surface area (Å²) in [6.07, 6.45) is 3.86. The van der Waals surface area contributed by atoms with Crippen LogP contribution < -0.4 is 5.73 Å². The fraction of sp³-hybridized carbons (Fsp3) is 0.588. The SMILES string of the molecule is CCC1(C)CCCN(C(=O)CC(N)c2ccccc2)C1.Cl. The van der Waals surface area contributed by atoms with Gasteiger partial charge in [0.25, 0.3) is 0 Å². The third kappa shape index (κ3) is 4.72. The summed E-state index contributed by atoms with van der Waals surface area (Å²) in [6, 6.07) is 9.69. The molecule has 0 spiro atoms. The van der Waals surface area contributed by atoms with Crippen molar-refractivity contribution in [2.75, 3.05) is 13.1 Å². The van der Waals surface area contributed by atoms with Crippen molar-refractivity contribution < 1.29 is 4.79 Å². The van der Waals surface area contributed by atoms with Crippen molar-refractivity contribution in [1.29, 1.82) is 0 Å². The van der Waals surface area contributed by atoms with Crippen molar-refractivity contribution in [2.45, 2.75) is 45.6 Å². The molecule has 1 aromatic rings. The van der Waals surface area contributed by atoms with E-state index in [-0.39, 0.29) is 29.8 Å². The van der Waals surface area contributed by atoms with Crippen molar-refractivity contribution in [3.05, 3.63) is 35.9 Å². The number of carbonyl (C=O) groups excluding carboxylic acids is 1. The van der Waals surface area contributed by atoms with Gasteiger partial charge in [-0.05, 0) is 30.2 Å². The van der Waals surface area contributed by atoms with Crippen molar-refractivity contribution in [3.8, 4) is 0 Å². The van der Waals surface area contributed by atoms with Gasteiger partial charge in [0.15, 0.2) is 0 Å². The summed E-state index contributed by atoms with van der Waals surface area (Å²) < 4.78 is 0. The second-order valence-corrected chi connectivity index (χ2v) is 6.30. The van der Waals surface area contributed by atoms with E-state index in [1.54, 1.807) is 0 Å². The lowest BCUT2D eigenvalue weighted by Crippen LogP contribution is -2.45. The molecule has 1 aliphatic rings. The average molecular weight is 311 g/mol. The summed E-state index contributed by atoms with van der Waals surface area (Å²) >= 11 is 0. The Kier molecular flexibility index (Phi) is 6.69. The molecular weight excluding hydrogens is 284 g/mol. The Morgan fingerprint density at radius 1 is 1.38 bits per heavy atom. The van der Waals surface area contributed by atoms with Crippen molar-refractivity contribution in [2.24, 2.45) is 11.1 Å². The van der Waals surface area contributed by atoms with Crippen LogP contribution in [0.1, 0.15) is 51.1 Å². The molecule has 0 saturated carbocycles. The predicted molar refractivity (Wildman–Crippen MR) is 89.4 cm³/mol. The van der Waals surface area contributed by atoms with Gasteiger partial charge in [-0.25, -0.2) is 0 Å². The number of amides is 1. The summed E-state index contributed by atoms with van der Waals surface area (Å²) in [4.78, 5) is 14.4. The Labute approximate surface area is 134 Å². The van der Waals surface area contributed by atoms with Crippen LogP contribution in [0.15, 0.2) is 30.3 Å². The van der Waals surface area contributed by atoms with E-state index in [2.05, 4.69) is 13.8 Å². The van der Waals surface area contributed by atoms with E-state index in [0.29, 0.717) is 6.42 Å². The smallest absolute Gasteiger partial charge is 0.224 e. The largest absolute Gasteiger partial charge is 0.342 e. The van der Waals surface area contributed by atoms with Crippen LogP contribution in [0.4, 0.5) is 0 Å². The average Bonchev–Trinajstić information content (AvgIpc) is 2.48. The van der Waals surface area contributed by atoms with Crippen LogP contribution in [0.25, 0.3) is 0 Å². The van der Waals surface area contributed by atoms with E-state index in [1.807, 2.05) is 35.2 Å². The normalized spacial score (nSPS) is 23.3. The highest BCUT2D eigenvalue weighted by molar-refractivity contribution is 5.85. The van der Waals surface area contributed by atoms with Crippen molar-refractivity contribution in [1.82, 2.24) is 4.90 Å². The van der Waals surface area contributed by atoms with E-state index in [1.165, 1.54) is 6.42 Å². The minimum absolute atomic E-state index is 0. The van der Waals surface area contributed by atoms with Gasteiger partial charge in [-0.2, -0.15) is 0 Å². The number of benzene rings is 1. The molecule has 1 amide bonds. The molecular formula is C17H27ClN2O. The lowest BCUT2D eigenvalue weighted by Gasteiger charge is -2.40. The number of piperidine rings is 1. The summed E-state index contributed by atoms with van der Waals surface area (Å²) in [7, 11) is 0. The maximum atomic E-state index is 12.4. The Bertz CT molecular complexity index is 451. The zero-order valence-electron chi connectivity index (χ0n) is 13.0. The van der Waals surface area contributed by atoms with Gasteiger partial charge in [0.2, 0.25) is 5.91 Å². The molecule has 0 radical (unpaired) electrons. The lowest BCUT2D eigenvalue weighted by molar-refractivity contribution is -0.135. The first-order valence-corrected chi connectivity index (χ1v) is 7.62. The third-order valence-electron chi connectivity index (χ3n) is 4.61. The number of likely N-dealkylation sites (tertiary alicyclic amines) is 1. The molecule has 21 heavy (non-hydrogen) atoms. The number of nitrogens with two attached hydrogens (primary N) is 1. The lowest BCUT2D eigenvalue weighted by atomic mass is 9.79. The van der Waals surface area contributed by atoms with E-state index in [9.17, 15) is 4.79 Å². The fourth-order valence-electron chi connectivity index (χ4n) is 2.95. The number of rotatable bonds is 4. The first-order chi connectivity index (χ1) is 9.54. The number of carbonyl (C=O) groups is 1. The van der Waals surface area contributed by atoms with Gasteiger partial charge < -0.3 is 10.6 Å². The Hall–Kier alpha value is -1.06. The summed E-state index contributed by atoms with van der Waals surface area (Å²) in [5, 5.41) is 0. The van der Waals surface area contributed by atoms with Crippen LogP contribution >= 0.6 is 12.4 Å². The molecule has 2 N–H and O–H groups in total. The van der Waals surface area contributed by atoms with Crippen molar-refractivity contribution in [3.63, 3.8) is 0 Å². The van der Waals surface area contributed by atoms with Gasteiger partial charge in [0, 0.05) is 25.6 Å². The van der Waals surface area contributed by atoms with Gasteiger partial charge in [-0.3, -0.25) is 4.79 Å². The van der Waals surface area contributed by atoms with E-state index < -0.39 is 0 Å².